The molecule has 0 aliphatic heterocycles. The Kier molecular flexibility index (Phi) is 3.10. The molecular formula is C15H15ClN4. The highest BCUT2D eigenvalue weighted by Crippen LogP contribution is 2.30. The number of nitrogens with zero attached hydrogens (tertiary/aromatic N) is 3. The molecule has 0 aliphatic rings. The van der Waals surface area contributed by atoms with E-state index in [1.165, 1.54) is 0 Å². The summed E-state index contributed by atoms with van der Waals surface area (Å²) in [6.45, 7) is 4.05. The van der Waals surface area contributed by atoms with Crippen molar-refractivity contribution in [3.8, 4) is 0 Å². The maximum Gasteiger partial charge on any atom is 0.203 e. The summed E-state index contributed by atoms with van der Waals surface area (Å²) in [5, 5.41) is 0.717. The molecule has 2 aromatic heterocycles. The Bertz CT molecular complexity index is 779. The Morgan fingerprint density at radius 3 is 2.75 bits per heavy atom. The second kappa shape index (κ2) is 4.80. The van der Waals surface area contributed by atoms with Gasteiger partial charge in [0.25, 0.3) is 0 Å². The molecule has 0 bridgehead atoms. The summed E-state index contributed by atoms with van der Waals surface area (Å²) in [5.74, 6) is 0.453. The van der Waals surface area contributed by atoms with E-state index in [9.17, 15) is 0 Å². The van der Waals surface area contributed by atoms with Crippen molar-refractivity contribution in [2.24, 2.45) is 0 Å². The van der Waals surface area contributed by atoms with Gasteiger partial charge in [0.15, 0.2) is 5.65 Å². The van der Waals surface area contributed by atoms with Crippen LogP contribution in [0.5, 0.6) is 0 Å². The predicted molar refractivity (Wildman–Crippen MR) is 81.9 cm³/mol. The number of aryl methyl sites for hydroxylation is 1. The first-order chi connectivity index (χ1) is 9.59. The average Bonchev–Trinajstić information content (AvgIpc) is 2.76. The van der Waals surface area contributed by atoms with E-state index in [2.05, 4.69) is 9.97 Å². The second-order valence-electron chi connectivity index (χ2n) is 4.84. The average molecular weight is 287 g/mol. The van der Waals surface area contributed by atoms with Gasteiger partial charge in [0.2, 0.25) is 5.95 Å². The lowest BCUT2D eigenvalue weighted by Crippen LogP contribution is -2.11. The fourth-order valence-electron chi connectivity index (χ4n) is 2.46. The molecule has 5 heteroatoms. The molecular weight excluding hydrogens is 272 g/mol. The van der Waals surface area contributed by atoms with Gasteiger partial charge in [-0.05, 0) is 37.1 Å². The van der Waals surface area contributed by atoms with Crippen LogP contribution in [0.2, 0.25) is 5.02 Å². The molecule has 2 heterocycles. The van der Waals surface area contributed by atoms with E-state index in [4.69, 9.17) is 17.3 Å². The molecule has 2 N–H and O–H groups in total. The van der Waals surface area contributed by atoms with Crippen molar-refractivity contribution in [2.45, 2.75) is 19.9 Å². The van der Waals surface area contributed by atoms with Crippen LogP contribution >= 0.6 is 11.6 Å². The normalized spacial score (nSPS) is 12.8. The Hall–Kier alpha value is -2.07. The van der Waals surface area contributed by atoms with Crippen molar-refractivity contribution >= 4 is 28.7 Å². The topological polar surface area (TPSA) is 56.7 Å². The van der Waals surface area contributed by atoms with Crippen molar-refractivity contribution in [1.29, 1.82) is 0 Å². The summed E-state index contributed by atoms with van der Waals surface area (Å²) in [6, 6.07) is 9.65. The van der Waals surface area contributed by atoms with Crippen molar-refractivity contribution in [2.75, 3.05) is 5.73 Å². The molecule has 0 fully saturated rings. The number of nitrogen functional groups attached to an aromatic ring is 1. The third kappa shape index (κ3) is 1.93. The number of aromatic nitrogens is 3. The zero-order valence-electron chi connectivity index (χ0n) is 11.3. The van der Waals surface area contributed by atoms with E-state index < -0.39 is 0 Å². The monoisotopic (exact) mass is 286 g/mol. The van der Waals surface area contributed by atoms with Crippen molar-refractivity contribution < 1.29 is 0 Å². The number of hydrogen-bond donors (Lipinski definition) is 1. The summed E-state index contributed by atoms with van der Waals surface area (Å²) in [5.41, 5.74) is 9.77. The number of benzene rings is 1. The van der Waals surface area contributed by atoms with Gasteiger partial charge in [0.1, 0.15) is 5.52 Å². The molecule has 0 radical (unpaired) electrons. The highest BCUT2D eigenvalue weighted by Gasteiger charge is 2.19. The number of imidazole rings is 1. The first-order valence-electron chi connectivity index (χ1n) is 6.43. The van der Waals surface area contributed by atoms with Gasteiger partial charge in [-0.15, -0.1) is 0 Å². The van der Waals surface area contributed by atoms with Gasteiger partial charge < -0.3 is 5.73 Å². The van der Waals surface area contributed by atoms with Crippen LogP contribution in [0, 0.1) is 6.92 Å². The second-order valence-corrected chi connectivity index (χ2v) is 5.24. The molecule has 0 saturated carbocycles. The Labute approximate surface area is 122 Å². The van der Waals surface area contributed by atoms with E-state index in [1.807, 2.05) is 48.7 Å². The van der Waals surface area contributed by atoms with Gasteiger partial charge >= 0.3 is 0 Å². The van der Waals surface area contributed by atoms with Crippen LogP contribution in [0.15, 0.2) is 36.5 Å². The van der Waals surface area contributed by atoms with Gasteiger partial charge in [-0.25, -0.2) is 9.97 Å². The molecule has 1 atom stereocenters. The fraction of sp³-hybridized carbons (Fsp3) is 0.200. The molecule has 4 nitrogen and oxygen atoms in total. The number of nitrogens with two attached hydrogens (primary N) is 1. The molecule has 1 unspecified atom stereocenters. The molecule has 0 saturated heterocycles. The highest BCUT2D eigenvalue weighted by atomic mass is 35.5. The number of rotatable bonds is 2. The number of hydrogen-bond acceptors (Lipinski definition) is 3. The number of pyridine rings is 1. The summed E-state index contributed by atoms with van der Waals surface area (Å²) < 4.78 is 1.92. The summed E-state index contributed by atoms with van der Waals surface area (Å²) in [4.78, 5) is 8.84. The first kappa shape index (κ1) is 12.9. The lowest BCUT2D eigenvalue weighted by Gasteiger charge is -2.17. The van der Waals surface area contributed by atoms with Crippen LogP contribution in [0.4, 0.5) is 5.95 Å². The molecule has 3 rings (SSSR count). The predicted octanol–water partition coefficient (Wildman–Crippen LogP) is 3.58. The lowest BCUT2D eigenvalue weighted by atomic mass is 10.1. The van der Waals surface area contributed by atoms with Gasteiger partial charge in [-0.3, -0.25) is 4.57 Å². The van der Waals surface area contributed by atoms with E-state index in [0.717, 1.165) is 22.3 Å². The van der Waals surface area contributed by atoms with Crippen molar-refractivity contribution in [3.63, 3.8) is 0 Å². The summed E-state index contributed by atoms with van der Waals surface area (Å²) in [7, 11) is 0. The van der Waals surface area contributed by atoms with Gasteiger partial charge in [-0.1, -0.05) is 29.8 Å². The molecule has 3 aromatic rings. The van der Waals surface area contributed by atoms with Crippen LogP contribution < -0.4 is 5.73 Å². The largest absolute Gasteiger partial charge is 0.369 e. The third-order valence-electron chi connectivity index (χ3n) is 3.55. The molecule has 20 heavy (non-hydrogen) atoms. The van der Waals surface area contributed by atoms with E-state index in [-0.39, 0.29) is 6.04 Å². The first-order valence-corrected chi connectivity index (χ1v) is 6.81. The highest BCUT2D eigenvalue weighted by molar-refractivity contribution is 6.31. The van der Waals surface area contributed by atoms with Crippen LogP contribution in [0.25, 0.3) is 11.2 Å². The fourth-order valence-corrected chi connectivity index (χ4v) is 2.76. The maximum absolute atomic E-state index is 6.28. The van der Waals surface area contributed by atoms with Crippen molar-refractivity contribution in [3.05, 3.63) is 52.7 Å². The Morgan fingerprint density at radius 1 is 1.25 bits per heavy atom. The standard InChI is InChI=1S/C15H15ClN4/c1-9-7-8-18-14-13(9)19-15(17)20(14)10(2)11-5-3-4-6-12(11)16/h3-8,10H,1-2H3,(H2,17,19). The minimum Gasteiger partial charge on any atom is -0.369 e. The van der Waals surface area contributed by atoms with Crippen LogP contribution in [0.1, 0.15) is 24.1 Å². The Morgan fingerprint density at radius 2 is 2.00 bits per heavy atom. The molecule has 102 valence electrons. The minimum atomic E-state index is -0.0250. The molecule has 0 spiro atoms. The van der Waals surface area contributed by atoms with E-state index in [1.54, 1.807) is 6.20 Å². The van der Waals surface area contributed by atoms with E-state index >= 15 is 0 Å². The number of fused-ring (bicyclic) bond motifs is 1. The van der Waals surface area contributed by atoms with Gasteiger partial charge in [0.05, 0.1) is 6.04 Å². The van der Waals surface area contributed by atoms with E-state index in [0.29, 0.717) is 11.0 Å². The quantitative estimate of drug-likeness (QED) is 0.783. The SMILES string of the molecule is Cc1ccnc2c1nc(N)n2C(C)c1ccccc1Cl. The zero-order valence-corrected chi connectivity index (χ0v) is 12.1. The minimum absolute atomic E-state index is 0.0250. The number of halogens is 1. The summed E-state index contributed by atoms with van der Waals surface area (Å²) in [6.07, 6.45) is 1.77. The molecule has 0 aliphatic carbocycles. The molecule has 1 aromatic carbocycles. The van der Waals surface area contributed by atoms with Crippen molar-refractivity contribution in [1.82, 2.24) is 14.5 Å². The zero-order chi connectivity index (χ0) is 14.3. The van der Waals surface area contributed by atoms with Crippen LogP contribution in [-0.2, 0) is 0 Å². The lowest BCUT2D eigenvalue weighted by molar-refractivity contribution is 0.662. The smallest absolute Gasteiger partial charge is 0.203 e. The summed E-state index contributed by atoms with van der Waals surface area (Å²) >= 11 is 6.28. The molecule has 0 amide bonds. The van der Waals surface area contributed by atoms with Crippen LogP contribution in [0.3, 0.4) is 0 Å². The number of anilines is 1. The Balaban J connectivity index is 2.22. The third-order valence-corrected chi connectivity index (χ3v) is 3.89. The maximum atomic E-state index is 6.28. The van der Waals surface area contributed by atoms with Crippen LogP contribution in [-0.4, -0.2) is 14.5 Å². The van der Waals surface area contributed by atoms with Gasteiger partial charge in [0, 0.05) is 11.2 Å². The van der Waals surface area contributed by atoms with Gasteiger partial charge in [-0.2, -0.15) is 0 Å².